The van der Waals surface area contributed by atoms with Crippen LogP contribution in [0.2, 0.25) is 0 Å². The van der Waals surface area contributed by atoms with Crippen LogP contribution in [-0.2, 0) is 6.54 Å². The molecule has 2 rings (SSSR count). The van der Waals surface area contributed by atoms with E-state index < -0.39 is 0 Å². The zero-order valence-corrected chi connectivity index (χ0v) is 7.92. The van der Waals surface area contributed by atoms with Crippen LogP contribution in [0.4, 0.5) is 0 Å². The highest BCUT2D eigenvalue weighted by atomic mass is 16.3. The molecule has 74 valence electrons. The minimum Gasteiger partial charge on any atom is -0.472 e. The zero-order valence-electron chi connectivity index (χ0n) is 7.92. The minimum absolute atomic E-state index is 0.219. The van der Waals surface area contributed by atoms with Gasteiger partial charge in [0.25, 0.3) is 0 Å². The Hall–Kier alpha value is -1.62. The molecule has 0 aliphatic carbocycles. The largest absolute Gasteiger partial charge is 0.472 e. The number of hydrogen-bond donors (Lipinski definition) is 1. The molecule has 5 heteroatoms. The van der Waals surface area contributed by atoms with E-state index >= 15 is 0 Å². The van der Waals surface area contributed by atoms with Gasteiger partial charge < -0.3 is 10.2 Å². The Morgan fingerprint density at radius 3 is 3.14 bits per heavy atom. The van der Waals surface area contributed by atoms with Crippen molar-refractivity contribution in [3.8, 4) is 0 Å². The first kappa shape index (κ1) is 8.96. The standard InChI is InChI=1S/C9H12N4O/c1-2-13-8(5-11-12-13)9(10)7-3-4-14-6-7/h3-6,9H,2,10H2,1H3. The predicted octanol–water partition coefficient (Wildman–Crippen LogP) is 0.939. The van der Waals surface area contributed by atoms with Crippen molar-refractivity contribution in [1.29, 1.82) is 0 Å². The normalized spacial score (nSPS) is 13.0. The fourth-order valence-corrected chi connectivity index (χ4v) is 1.37. The van der Waals surface area contributed by atoms with Gasteiger partial charge in [-0.25, -0.2) is 4.68 Å². The van der Waals surface area contributed by atoms with Crippen LogP contribution in [-0.4, -0.2) is 15.0 Å². The maximum atomic E-state index is 6.02. The average molecular weight is 192 g/mol. The summed E-state index contributed by atoms with van der Waals surface area (Å²) < 4.78 is 6.75. The van der Waals surface area contributed by atoms with Crippen LogP contribution in [0.1, 0.15) is 24.2 Å². The molecule has 0 aromatic carbocycles. The van der Waals surface area contributed by atoms with E-state index in [1.165, 1.54) is 0 Å². The molecule has 5 nitrogen and oxygen atoms in total. The summed E-state index contributed by atoms with van der Waals surface area (Å²) in [5.41, 5.74) is 7.85. The van der Waals surface area contributed by atoms with Crippen molar-refractivity contribution >= 4 is 0 Å². The second-order valence-electron chi connectivity index (χ2n) is 3.01. The molecule has 0 amide bonds. The van der Waals surface area contributed by atoms with Gasteiger partial charge in [0.2, 0.25) is 0 Å². The van der Waals surface area contributed by atoms with Crippen LogP contribution in [0, 0.1) is 0 Å². The lowest BCUT2D eigenvalue weighted by atomic mass is 10.1. The van der Waals surface area contributed by atoms with Gasteiger partial charge in [0, 0.05) is 12.1 Å². The van der Waals surface area contributed by atoms with Gasteiger partial charge in [0.05, 0.1) is 30.5 Å². The number of rotatable bonds is 3. The summed E-state index contributed by atoms with van der Waals surface area (Å²) in [4.78, 5) is 0. The number of nitrogens with two attached hydrogens (primary N) is 1. The maximum absolute atomic E-state index is 6.02. The second kappa shape index (κ2) is 3.63. The van der Waals surface area contributed by atoms with Crippen molar-refractivity contribution < 1.29 is 4.42 Å². The summed E-state index contributed by atoms with van der Waals surface area (Å²) in [5, 5.41) is 7.75. The summed E-state index contributed by atoms with van der Waals surface area (Å²) in [5.74, 6) is 0. The van der Waals surface area contributed by atoms with Crippen LogP contribution in [0.3, 0.4) is 0 Å². The number of furan rings is 1. The van der Waals surface area contributed by atoms with E-state index in [2.05, 4.69) is 10.3 Å². The van der Waals surface area contributed by atoms with Gasteiger partial charge in [0.15, 0.2) is 0 Å². The summed E-state index contributed by atoms with van der Waals surface area (Å²) in [6.45, 7) is 2.77. The fourth-order valence-electron chi connectivity index (χ4n) is 1.37. The van der Waals surface area contributed by atoms with Crippen LogP contribution < -0.4 is 5.73 Å². The molecular formula is C9H12N4O. The summed E-state index contributed by atoms with van der Waals surface area (Å²) in [7, 11) is 0. The highest BCUT2D eigenvalue weighted by Crippen LogP contribution is 2.18. The lowest BCUT2D eigenvalue weighted by Gasteiger charge is -2.09. The smallest absolute Gasteiger partial charge is 0.0954 e. The molecule has 2 N–H and O–H groups in total. The van der Waals surface area contributed by atoms with Crippen molar-refractivity contribution in [2.75, 3.05) is 0 Å². The summed E-state index contributed by atoms with van der Waals surface area (Å²) in [6.07, 6.45) is 4.92. The molecule has 0 radical (unpaired) electrons. The van der Waals surface area contributed by atoms with Crippen LogP contribution in [0.25, 0.3) is 0 Å². The quantitative estimate of drug-likeness (QED) is 0.785. The third kappa shape index (κ3) is 1.42. The fraction of sp³-hybridized carbons (Fsp3) is 0.333. The van der Waals surface area contributed by atoms with Crippen LogP contribution in [0.5, 0.6) is 0 Å². The third-order valence-electron chi connectivity index (χ3n) is 2.17. The van der Waals surface area contributed by atoms with Gasteiger partial charge in [-0.1, -0.05) is 5.21 Å². The summed E-state index contributed by atoms with van der Waals surface area (Å²) in [6, 6.07) is 1.63. The maximum Gasteiger partial charge on any atom is 0.0954 e. The first-order valence-corrected chi connectivity index (χ1v) is 4.49. The predicted molar refractivity (Wildman–Crippen MR) is 50.4 cm³/mol. The lowest BCUT2D eigenvalue weighted by Crippen LogP contribution is -2.16. The Morgan fingerprint density at radius 1 is 1.64 bits per heavy atom. The molecule has 0 saturated heterocycles. The molecule has 0 saturated carbocycles. The Bertz CT molecular complexity index is 393. The van der Waals surface area contributed by atoms with Crippen molar-refractivity contribution in [1.82, 2.24) is 15.0 Å². The lowest BCUT2D eigenvalue weighted by molar-refractivity contribution is 0.554. The Balaban J connectivity index is 2.31. The van der Waals surface area contributed by atoms with Gasteiger partial charge in [-0.2, -0.15) is 0 Å². The van der Waals surface area contributed by atoms with Gasteiger partial charge in [-0.3, -0.25) is 0 Å². The molecule has 1 unspecified atom stereocenters. The van der Waals surface area contributed by atoms with Crippen LogP contribution >= 0.6 is 0 Å². The molecule has 2 aromatic heterocycles. The molecule has 0 spiro atoms. The summed E-state index contributed by atoms with van der Waals surface area (Å²) >= 11 is 0. The second-order valence-corrected chi connectivity index (χ2v) is 3.01. The molecule has 0 fully saturated rings. The molecule has 0 bridgehead atoms. The van der Waals surface area contributed by atoms with E-state index in [0.29, 0.717) is 0 Å². The van der Waals surface area contributed by atoms with Gasteiger partial charge in [0.1, 0.15) is 0 Å². The van der Waals surface area contributed by atoms with Gasteiger partial charge in [-0.15, -0.1) is 5.10 Å². The van der Waals surface area contributed by atoms with E-state index in [1.807, 2.05) is 13.0 Å². The first-order valence-electron chi connectivity index (χ1n) is 4.49. The van der Waals surface area contributed by atoms with Crippen molar-refractivity contribution in [2.45, 2.75) is 19.5 Å². The molecule has 0 aliphatic rings. The minimum atomic E-state index is -0.219. The number of nitrogens with zero attached hydrogens (tertiary/aromatic N) is 3. The molecule has 2 heterocycles. The Kier molecular flexibility index (Phi) is 2.32. The van der Waals surface area contributed by atoms with Gasteiger partial charge in [-0.05, 0) is 13.0 Å². The zero-order chi connectivity index (χ0) is 9.97. The van der Waals surface area contributed by atoms with Gasteiger partial charge >= 0.3 is 0 Å². The van der Waals surface area contributed by atoms with Crippen molar-refractivity contribution in [2.24, 2.45) is 5.73 Å². The average Bonchev–Trinajstić information content (AvgIpc) is 2.87. The van der Waals surface area contributed by atoms with Crippen LogP contribution in [0.15, 0.2) is 29.2 Å². The Morgan fingerprint density at radius 2 is 2.50 bits per heavy atom. The SMILES string of the molecule is CCn1nncc1C(N)c1ccoc1. The van der Waals surface area contributed by atoms with E-state index in [9.17, 15) is 0 Å². The molecule has 2 aromatic rings. The monoisotopic (exact) mass is 192 g/mol. The van der Waals surface area contributed by atoms with Crippen molar-refractivity contribution in [3.63, 3.8) is 0 Å². The molecular weight excluding hydrogens is 180 g/mol. The first-order chi connectivity index (χ1) is 6.83. The van der Waals surface area contributed by atoms with Crippen molar-refractivity contribution in [3.05, 3.63) is 36.0 Å². The molecule has 14 heavy (non-hydrogen) atoms. The van der Waals surface area contributed by atoms with E-state index in [-0.39, 0.29) is 6.04 Å². The topological polar surface area (TPSA) is 69.9 Å². The number of hydrogen-bond acceptors (Lipinski definition) is 4. The highest BCUT2D eigenvalue weighted by Gasteiger charge is 2.14. The Labute approximate surface area is 81.5 Å². The van der Waals surface area contributed by atoms with E-state index in [0.717, 1.165) is 17.8 Å². The van der Waals surface area contributed by atoms with E-state index in [1.54, 1.807) is 23.4 Å². The van der Waals surface area contributed by atoms with E-state index in [4.69, 9.17) is 10.2 Å². The highest BCUT2D eigenvalue weighted by molar-refractivity contribution is 5.21. The molecule has 0 aliphatic heterocycles. The molecule has 1 atom stereocenters. The number of aromatic nitrogens is 3. The third-order valence-corrected chi connectivity index (χ3v) is 2.17. The number of aryl methyl sites for hydroxylation is 1.